The number of aliphatic hydroxyl groups excluding tert-OH is 1. The molecule has 0 aliphatic carbocycles. The lowest BCUT2D eigenvalue weighted by molar-refractivity contribution is -0.447. The van der Waals surface area contributed by atoms with Crippen LogP contribution in [-0.2, 0) is 24.3 Å². The molecule has 2 heterocycles. The third-order valence-electron chi connectivity index (χ3n) is 5.89. The van der Waals surface area contributed by atoms with Crippen molar-refractivity contribution in [3.8, 4) is 22.3 Å². The summed E-state index contributed by atoms with van der Waals surface area (Å²) in [5.41, 5.74) is 5.30. The van der Waals surface area contributed by atoms with E-state index in [9.17, 15) is 8.42 Å². The number of aliphatic hydroxyl groups is 1. The highest BCUT2D eigenvalue weighted by atomic mass is 32.2. The van der Waals surface area contributed by atoms with E-state index in [2.05, 4.69) is 24.6 Å². The van der Waals surface area contributed by atoms with Crippen molar-refractivity contribution in [1.82, 2.24) is 14.7 Å². The lowest BCUT2D eigenvalue weighted by Gasteiger charge is -2.12. The number of nitrogens with zero attached hydrogens (tertiary/aromatic N) is 2. The zero-order valence-corrected chi connectivity index (χ0v) is 21.8. The Labute approximate surface area is 223 Å². The van der Waals surface area contributed by atoms with Gasteiger partial charge in [-0.15, -0.1) is 4.33 Å². The number of fused-ring (bicyclic) bond motifs is 3. The first-order chi connectivity index (χ1) is 18.5. The summed E-state index contributed by atoms with van der Waals surface area (Å²) in [7, 11) is -2.32. The number of rotatable bonds is 10. The average Bonchev–Trinajstić information content (AvgIpc) is 2.96. The van der Waals surface area contributed by atoms with Gasteiger partial charge in [-0.2, -0.15) is 0 Å². The first-order valence-electron chi connectivity index (χ1n) is 11.5. The second-order valence-electron chi connectivity index (χ2n) is 8.13. The molecule has 0 aliphatic rings. The summed E-state index contributed by atoms with van der Waals surface area (Å²) < 4.78 is 31.9. The lowest BCUT2D eigenvalue weighted by atomic mass is 9.96. The minimum Gasteiger partial charge on any atom is -0.395 e. The maximum Gasteiger partial charge on any atom is 0.240 e. The molecule has 0 amide bonds. The van der Waals surface area contributed by atoms with Gasteiger partial charge in [0.15, 0.2) is 0 Å². The van der Waals surface area contributed by atoms with Gasteiger partial charge < -0.3 is 5.11 Å². The van der Waals surface area contributed by atoms with Gasteiger partial charge in [0.05, 0.1) is 41.7 Å². The van der Waals surface area contributed by atoms with Gasteiger partial charge in [0.25, 0.3) is 0 Å². The van der Waals surface area contributed by atoms with Gasteiger partial charge in [0, 0.05) is 34.6 Å². The predicted octanol–water partition coefficient (Wildman–Crippen LogP) is 4.90. The molecule has 5 aromatic rings. The fourth-order valence-electron chi connectivity index (χ4n) is 4.18. The third kappa shape index (κ3) is 5.40. The molecule has 0 aliphatic heterocycles. The second kappa shape index (κ2) is 11.5. The molecule has 0 spiro atoms. The Morgan fingerprint density at radius 2 is 1.37 bits per heavy atom. The van der Waals surface area contributed by atoms with E-state index in [0.717, 1.165) is 61.0 Å². The molecule has 0 atom stereocenters. The SMILES string of the molecule is COOOSc1ccc(-c2ccnc3c2ccc2c(-c4ccc(S(=O)(=O)NCCO)cc4)ccnc23)cc1. The number of hydrogen-bond acceptors (Lipinski definition) is 9. The molecular formula is C27H23N3O6S2. The number of pyridine rings is 2. The van der Waals surface area contributed by atoms with Gasteiger partial charge in [-0.05, 0) is 58.7 Å². The van der Waals surface area contributed by atoms with Crippen LogP contribution in [0.3, 0.4) is 0 Å². The quantitative estimate of drug-likeness (QED) is 0.0824. The van der Waals surface area contributed by atoms with Crippen molar-refractivity contribution in [2.24, 2.45) is 0 Å². The molecule has 0 saturated carbocycles. The molecule has 194 valence electrons. The smallest absolute Gasteiger partial charge is 0.240 e. The highest BCUT2D eigenvalue weighted by molar-refractivity contribution is 7.94. The van der Waals surface area contributed by atoms with E-state index in [1.54, 1.807) is 36.7 Å². The average molecular weight is 550 g/mol. The molecule has 0 unspecified atom stereocenters. The number of aromatic nitrogens is 2. The van der Waals surface area contributed by atoms with Crippen molar-refractivity contribution in [3.05, 3.63) is 85.2 Å². The normalized spacial score (nSPS) is 11.8. The molecule has 0 radical (unpaired) electrons. The Morgan fingerprint density at radius 1 is 0.816 bits per heavy atom. The van der Waals surface area contributed by atoms with Crippen molar-refractivity contribution in [3.63, 3.8) is 0 Å². The zero-order valence-electron chi connectivity index (χ0n) is 20.2. The van der Waals surface area contributed by atoms with E-state index >= 15 is 0 Å². The fourth-order valence-corrected chi connectivity index (χ4v) is 5.61. The van der Waals surface area contributed by atoms with Gasteiger partial charge in [-0.1, -0.05) is 41.4 Å². The van der Waals surface area contributed by atoms with Gasteiger partial charge >= 0.3 is 0 Å². The summed E-state index contributed by atoms with van der Waals surface area (Å²) in [6, 6.07) is 22.4. The van der Waals surface area contributed by atoms with E-state index in [-0.39, 0.29) is 18.0 Å². The lowest BCUT2D eigenvalue weighted by Crippen LogP contribution is -2.26. The maximum atomic E-state index is 12.4. The predicted molar refractivity (Wildman–Crippen MR) is 145 cm³/mol. The van der Waals surface area contributed by atoms with Crippen LogP contribution >= 0.6 is 12.0 Å². The van der Waals surface area contributed by atoms with Crippen molar-refractivity contribution in [2.45, 2.75) is 9.79 Å². The fraction of sp³-hybridized carbons (Fsp3) is 0.111. The molecule has 2 N–H and O–H groups in total. The van der Waals surface area contributed by atoms with Crippen LogP contribution in [0.5, 0.6) is 0 Å². The first kappa shape index (κ1) is 26.2. The van der Waals surface area contributed by atoms with E-state index < -0.39 is 10.0 Å². The van der Waals surface area contributed by atoms with E-state index in [0.29, 0.717) is 0 Å². The largest absolute Gasteiger partial charge is 0.395 e. The van der Waals surface area contributed by atoms with Crippen LogP contribution in [0.2, 0.25) is 0 Å². The minimum absolute atomic E-state index is 0.0397. The van der Waals surface area contributed by atoms with Crippen LogP contribution in [0.4, 0.5) is 0 Å². The van der Waals surface area contributed by atoms with Crippen LogP contribution in [0.25, 0.3) is 44.1 Å². The molecule has 3 aromatic carbocycles. The summed E-state index contributed by atoms with van der Waals surface area (Å²) in [6.07, 6.45) is 3.50. The monoisotopic (exact) mass is 549 g/mol. The van der Waals surface area contributed by atoms with Crippen molar-refractivity contribution < 1.29 is 27.8 Å². The molecule has 11 heteroatoms. The number of hydrogen-bond donors (Lipinski definition) is 2. The topological polar surface area (TPSA) is 120 Å². The molecule has 0 bridgehead atoms. The van der Waals surface area contributed by atoms with Gasteiger partial charge in [-0.3, -0.25) is 9.97 Å². The zero-order chi connectivity index (χ0) is 26.5. The molecule has 38 heavy (non-hydrogen) atoms. The molecular weight excluding hydrogens is 526 g/mol. The van der Waals surface area contributed by atoms with Gasteiger partial charge in [-0.25, -0.2) is 18.0 Å². The Morgan fingerprint density at radius 3 is 1.89 bits per heavy atom. The molecule has 2 aromatic heterocycles. The third-order valence-corrected chi connectivity index (χ3v) is 7.96. The van der Waals surface area contributed by atoms with E-state index in [1.807, 2.05) is 48.5 Å². The van der Waals surface area contributed by atoms with Crippen LogP contribution in [-0.4, -0.2) is 43.8 Å². The van der Waals surface area contributed by atoms with E-state index in [4.69, 9.17) is 9.44 Å². The van der Waals surface area contributed by atoms with E-state index in [1.165, 1.54) is 7.11 Å². The summed E-state index contributed by atoms with van der Waals surface area (Å²) in [5, 5.41) is 15.2. The van der Waals surface area contributed by atoms with Gasteiger partial charge in [0.2, 0.25) is 10.0 Å². The highest BCUT2D eigenvalue weighted by Crippen LogP contribution is 2.35. The Hall–Kier alpha value is -3.42. The Kier molecular flexibility index (Phi) is 7.95. The Bertz CT molecular complexity index is 1680. The number of benzene rings is 3. The summed E-state index contributed by atoms with van der Waals surface area (Å²) in [4.78, 5) is 14.7. The van der Waals surface area contributed by atoms with Crippen molar-refractivity contribution >= 4 is 43.9 Å². The molecule has 5 rings (SSSR count). The summed E-state index contributed by atoms with van der Waals surface area (Å²) in [5.74, 6) is 0. The second-order valence-corrected chi connectivity index (χ2v) is 10.7. The van der Waals surface area contributed by atoms with Crippen molar-refractivity contribution in [2.75, 3.05) is 20.3 Å². The standard InChI is InChI=1S/C27H23N3O6S2/c1-34-35-36-37-20-6-2-18(3-7-20)22-12-14-28-26-24(22)10-11-25-23(13-15-29-27(25)26)19-4-8-21(9-5-19)38(32,33)30-16-17-31/h2-15,30-31H,16-17H2,1H3. The molecule has 9 nitrogen and oxygen atoms in total. The summed E-state index contributed by atoms with van der Waals surface area (Å²) in [6.45, 7) is -0.310. The Balaban J connectivity index is 1.51. The molecule has 0 fully saturated rings. The maximum absolute atomic E-state index is 12.4. The van der Waals surface area contributed by atoms with Crippen LogP contribution < -0.4 is 4.72 Å². The summed E-state index contributed by atoms with van der Waals surface area (Å²) >= 11 is 1.04. The number of sulfonamides is 1. The van der Waals surface area contributed by atoms with Crippen molar-refractivity contribution in [1.29, 1.82) is 0 Å². The first-order valence-corrected chi connectivity index (χ1v) is 13.8. The van der Waals surface area contributed by atoms with Crippen LogP contribution in [0.15, 0.2) is 95.0 Å². The van der Waals surface area contributed by atoms with Crippen LogP contribution in [0.1, 0.15) is 0 Å². The molecule has 0 saturated heterocycles. The minimum atomic E-state index is -3.69. The highest BCUT2D eigenvalue weighted by Gasteiger charge is 2.15. The van der Waals surface area contributed by atoms with Gasteiger partial charge in [0.1, 0.15) is 0 Å². The number of nitrogens with one attached hydrogen (secondary N) is 1. The van der Waals surface area contributed by atoms with Crippen LogP contribution in [0, 0.1) is 0 Å².